The minimum atomic E-state index is -1.11. The van der Waals surface area contributed by atoms with E-state index in [1.165, 1.54) is 12.5 Å². The van der Waals surface area contributed by atoms with Crippen molar-refractivity contribution in [3.05, 3.63) is 48.3 Å². The molecule has 0 saturated carbocycles. The third-order valence-electron chi connectivity index (χ3n) is 3.58. The molecule has 2 rings (SSSR count). The standard InChI is InChI=1S/C15H19N5O2/c1-15(14(16)22,12-9-17-10-20-12)8-13(21)19-7-5-11-4-2-3-6-18-11/h2-4,6,9-10H,5,7-8H2,1H3,(H2,16,22)(H,17,20)(H,19,21). The fraction of sp³-hybridized carbons (Fsp3) is 0.333. The molecule has 0 bridgehead atoms. The Morgan fingerprint density at radius 3 is 2.82 bits per heavy atom. The zero-order chi connectivity index (χ0) is 16.0. The van der Waals surface area contributed by atoms with Crippen LogP contribution in [0.2, 0.25) is 0 Å². The average molecular weight is 301 g/mol. The summed E-state index contributed by atoms with van der Waals surface area (Å²) in [5.41, 5.74) is 5.77. The van der Waals surface area contributed by atoms with Crippen molar-refractivity contribution in [3.8, 4) is 0 Å². The van der Waals surface area contributed by atoms with Crippen LogP contribution >= 0.6 is 0 Å². The molecular formula is C15H19N5O2. The number of nitrogens with one attached hydrogen (secondary N) is 2. The maximum Gasteiger partial charge on any atom is 0.229 e. The molecule has 2 aromatic rings. The number of amides is 2. The maximum atomic E-state index is 12.1. The van der Waals surface area contributed by atoms with E-state index in [9.17, 15) is 9.59 Å². The third-order valence-corrected chi connectivity index (χ3v) is 3.58. The van der Waals surface area contributed by atoms with Gasteiger partial charge in [-0.1, -0.05) is 6.07 Å². The van der Waals surface area contributed by atoms with E-state index in [1.54, 1.807) is 13.1 Å². The molecule has 22 heavy (non-hydrogen) atoms. The van der Waals surface area contributed by atoms with E-state index in [0.29, 0.717) is 18.7 Å². The first-order valence-corrected chi connectivity index (χ1v) is 6.98. The molecular weight excluding hydrogens is 282 g/mol. The van der Waals surface area contributed by atoms with E-state index in [1.807, 2.05) is 18.2 Å². The van der Waals surface area contributed by atoms with E-state index in [-0.39, 0.29) is 12.3 Å². The predicted molar refractivity (Wildman–Crippen MR) is 80.7 cm³/mol. The lowest BCUT2D eigenvalue weighted by atomic mass is 9.82. The third kappa shape index (κ3) is 3.69. The van der Waals surface area contributed by atoms with Crippen molar-refractivity contribution in [2.75, 3.05) is 6.54 Å². The number of pyridine rings is 1. The van der Waals surface area contributed by atoms with Gasteiger partial charge in [0.15, 0.2) is 0 Å². The molecule has 0 radical (unpaired) electrons. The Bertz CT molecular complexity index is 627. The number of nitrogens with two attached hydrogens (primary N) is 1. The van der Waals surface area contributed by atoms with Crippen molar-refractivity contribution < 1.29 is 9.59 Å². The van der Waals surface area contributed by atoms with E-state index in [4.69, 9.17) is 5.73 Å². The lowest BCUT2D eigenvalue weighted by Crippen LogP contribution is -2.43. The van der Waals surface area contributed by atoms with Crippen LogP contribution in [0.3, 0.4) is 0 Å². The van der Waals surface area contributed by atoms with Gasteiger partial charge in [0.2, 0.25) is 11.8 Å². The quantitative estimate of drug-likeness (QED) is 0.682. The van der Waals surface area contributed by atoms with Crippen molar-refractivity contribution in [3.63, 3.8) is 0 Å². The normalized spacial score (nSPS) is 13.3. The second-order valence-corrected chi connectivity index (χ2v) is 5.26. The Morgan fingerprint density at radius 1 is 1.41 bits per heavy atom. The first-order valence-electron chi connectivity index (χ1n) is 6.98. The van der Waals surface area contributed by atoms with E-state index in [2.05, 4.69) is 20.3 Å². The molecule has 2 amide bonds. The molecule has 2 heterocycles. The summed E-state index contributed by atoms with van der Waals surface area (Å²) in [6.45, 7) is 2.08. The Labute approximate surface area is 128 Å². The average Bonchev–Trinajstić information content (AvgIpc) is 3.02. The molecule has 0 spiro atoms. The van der Waals surface area contributed by atoms with E-state index >= 15 is 0 Å². The Hall–Kier alpha value is -2.70. The number of aromatic amines is 1. The summed E-state index contributed by atoms with van der Waals surface area (Å²) in [4.78, 5) is 34.7. The fourth-order valence-corrected chi connectivity index (χ4v) is 2.13. The van der Waals surface area contributed by atoms with Gasteiger partial charge in [-0.2, -0.15) is 0 Å². The van der Waals surface area contributed by atoms with Gasteiger partial charge in [-0.3, -0.25) is 14.6 Å². The Balaban J connectivity index is 1.91. The molecule has 0 aliphatic carbocycles. The summed E-state index contributed by atoms with van der Waals surface area (Å²) in [5, 5.41) is 2.78. The molecule has 0 aliphatic rings. The largest absolute Gasteiger partial charge is 0.369 e. The number of imidazole rings is 1. The van der Waals surface area contributed by atoms with Gasteiger partial charge in [-0.25, -0.2) is 4.98 Å². The molecule has 4 N–H and O–H groups in total. The number of aromatic nitrogens is 3. The van der Waals surface area contributed by atoms with E-state index in [0.717, 1.165) is 5.69 Å². The zero-order valence-corrected chi connectivity index (χ0v) is 12.4. The highest BCUT2D eigenvalue weighted by atomic mass is 16.2. The molecule has 0 fully saturated rings. The van der Waals surface area contributed by atoms with Crippen LogP contribution in [0, 0.1) is 0 Å². The van der Waals surface area contributed by atoms with Crippen LogP contribution in [-0.4, -0.2) is 33.3 Å². The first-order chi connectivity index (χ1) is 10.5. The fourth-order valence-electron chi connectivity index (χ4n) is 2.13. The van der Waals surface area contributed by atoms with Crippen LogP contribution in [-0.2, 0) is 21.4 Å². The zero-order valence-electron chi connectivity index (χ0n) is 12.4. The van der Waals surface area contributed by atoms with Crippen molar-refractivity contribution >= 4 is 11.8 Å². The summed E-state index contributed by atoms with van der Waals surface area (Å²) in [6.07, 6.45) is 5.26. The lowest BCUT2D eigenvalue weighted by Gasteiger charge is -2.23. The predicted octanol–water partition coefficient (Wildman–Crippen LogP) is 0.297. The van der Waals surface area contributed by atoms with Crippen molar-refractivity contribution in [1.82, 2.24) is 20.3 Å². The number of carbonyl (C=O) groups is 2. The molecule has 7 heteroatoms. The number of hydrogen-bond acceptors (Lipinski definition) is 4. The van der Waals surface area contributed by atoms with Crippen LogP contribution in [0.5, 0.6) is 0 Å². The molecule has 1 unspecified atom stereocenters. The van der Waals surface area contributed by atoms with Crippen LogP contribution in [0.15, 0.2) is 36.9 Å². The van der Waals surface area contributed by atoms with Crippen LogP contribution in [0.25, 0.3) is 0 Å². The van der Waals surface area contributed by atoms with E-state index < -0.39 is 11.3 Å². The molecule has 1 atom stereocenters. The molecule has 0 aliphatic heterocycles. The minimum Gasteiger partial charge on any atom is -0.369 e. The van der Waals surface area contributed by atoms with Crippen molar-refractivity contribution in [2.24, 2.45) is 5.73 Å². The molecule has 0 saturated heterocycles. The Morgan fingerprint density at radius 2 is 2.23 bits per heavy atom. The highest BCUT2D eigenvalue weighted by Crippen LogP contribution is 2.25. The summed E-state index contributed by atoms with van der Waals surface area (Å²) in [7, 11) is 0. The number of hydrogen-bond donors (Lipinski definition) is 3. The van der Waals surface area contributed by atoms with Gasteiger partial charge < -0.3 is 16.0 Å². The molecule has 0 aromatic carbocycles. The Kier molecular flexibility index (Phi) is 4.88. The summed E-state index contributed by atoms with van der Waals surface area (Å²) >= 11 is 0. The van der Waals surface area contributed by atoms with Crippen LogP contribution in [0.4, 0.5) is 0 Å². The molecule has 7 nitrogen and oxygen atoms in total. The van der Waals surface area contributed by atoms with Gasteiger partial charge >= 0.3 is 0 Å². The van der Waals surface area contributed by atoms with Crippen molar-refractivity contribution in [1.29, 1.82) is 0 Å². The number of carbonyl (C=O) groups excluding carboxylic acids is 2. The summed E-state index contributed by atoms with van der Waals surface area (Å²) < 4.78 is 0. The second-order valence-electron chi connectivity index (χ2n) is 5.26. The van der Waals surface area contributed by atoms with Crippen LogP contribution in [0.1, 0.15) is 24.7 Å². The smallest absolute Gasteiger partial charge is 0.229 e. The molecule has 116 valence electrons. The lowest BCUT2D eigenvalue weighted by molar-refractivity contribution is -0.129. The highest BCUT2D eigenvalue weighted by molar-refractivity contribution is 5.91. The topological polar surface area (TPSA) is 114 Å². The number of rotatable bonds is 7. The van der Waals surface area contributed by atoms with Gasteiger partial charge in [0, 0.05) is 37.5 Å². The SMILES string of the molecule is CC(CC(=O)NCCc1ccccn1)(C(N)=O)c1cnc[nH]1. The molecule has 2 aromatic heterocycles. The minimum absolute atomic E-state index is 0.0350. The van der Waals surface area contributed by atoms with Gasteiger partial charge in [0.25, 0.3) is 0 Å². The van der Waals surface area contributed by atoms with Gasteiger partial charge in [-0.05, 0) is 19.1 Å². The maximum absolute atomic E-state index is 12.1. The van der Waals surface area contributed by atoms with Gasteiger partial charge in [0.1, 0.15) is 0 Å². The monoisotopic (exact) mass is 301 g/mol. The van der Waals surface area contributed by atoms with Crippen LogP contribution < -0.4 is 11.1 Å². The van der Waals surface area contributed by atoms with Gasteiger partial charge in [0.05, 0.1) is 17.4 Å². The summed E-state index contributed by atoms with van der Waals surface area (Å²) in [6, 6.07) is 5.63. The highest BCUT2D eigenvalue weighted by Gasteiger charge is 2.37. The van der Waals surface area contributed by atoms with Crippen molar-refractivity contribution in [2.45, 2.75) is 25.2 Å². The number of primary amides is 1. The van der Waals surface area contributed by atoms with Gasteiger partial charge in [-0.15, -0.1) is 0 Å². The summed E-state index contributed by atoms with van der Waals surface area (Å²) in [5.74, 6) is -0.816. The first kappa shape index (κ1) is 15.7. The number of H-pyrrole nitrogens is 1. The second kappa shape index (κ2) is 6.84. The number of nitrogens with zero attached hydrogens (tertiary/aromatic N) is 2.